The Morgan fingerprint density at radius 3 is 2.40 bits per heavy atom. The lowest BCUT2D eigenvalue weighted by atomic mass is 9.94. The highest BCUT2D eigenvalue weighted by molar-refractivity contribution is 6.30. The molecule has 1 saturated carbocycles. The van der Waals surface area contributed by atoms with E-state index >= 15 is 0 Å². The molecule has 62 heavy (non-hydrogen) atoms. The number of nitrogens with zero attached hydrogens (tertiary/aromatic N) is 7. The Kier molecular flexibility index (Phi) is 14.0. The van der Waals surface area contributed by atoms with Crippen molar-refractivity contribution in [2.75, 3.05) is 50.7 Å². The van der Waals surface area contributed by atoms with Crippen LogP contribution in [0.4, 0.5) is 15.8 Å². The first-order valence-electron chi connectivity index (χ1n) is 22.4. The van der Waals surface area contributed by atoms with Crippen LogP contribution in [-0.4, -0.2) is 108 Å². The maximum absolute atomic E-state index is 14.4. The summed E-state index contributed by atoms with van der Waals surface area (Å²) in [6.45, 7) is 14.2. The third-order valence-corrected chi connectivity index (χ3v) is 13.5. The molecule has 1 unspecified atom stereocenters. The zero-order valence-electron chi connectivity index (χ0n) is 35.8. The van der Waals surface area contributed by atoms with Crippen LogP contribution < -0.4 is 10.2 Å². The van der Waals surface area contributed by atoms with Crippen molar-refractivity contribution in [2.45, 2.75) is 89.9 Å². The van der Waals surface area contributed by atoms with Crippen molar-refractivity contribution in [3.05, 3.63) is 112 Å². The standard InChI is InChI=1S/C49H58ClFN8O3/c1-3-7-46(48(61)53-33-60)59-31-37-24-42(14-15-43(37)49(59)62)57-22-20-56(21-23-57)30-35-16-18-55(19-17-35)29-34-10-12-36(13-11-34)45-32-58(41-8-5-4-6-9-41)47(44(45)28-52-2)54-40-26-38(50)25-39(51)27-40/h10-15,24-28,32-33,35,41,46H,2-9,16-23,29-31H2,1H3,(H,53,60,61)/b44-28-,54-47?. The van der Waals surface area contributed by atoms with Crippen molar-refractivity contribution < 1.29 is 18.8 Å². The molecule has 2 saturated heterocycles. The third kappa shape index (κ3) is 9.88. The summed E-state index contributed by atoms with van der Waals surface area (Å²) in [7, 11) is 0. The number of rotatable bonds is 14. The molecule has 3 amide bonds. The number of carbonyl (C=O) groups is 3. The normalized spacial score (nSPS) is 21.1. The van der Waals surface area contributed by atoms with Gasteiger partial charge in [-0.1, -0.05) is 68.5 Å². The highest BCUT2D eigenvalue weighted by Gasteiger charge is 2.37. The summed E-state index contributed by atoms with van der Waals surface area (Å²) < 4.78 is 14.4. The van der Waals surface area contributed by atoms with E-state index in [1.165, 1.54) is 49.8 Å². The minimum atomic E-state index is -0.659. The number of benzene rings is 3. The van der Waals surface area contributed by atoms with Gasteiger partial charge in [0.1, 0.15) is 17.7 Å². The summed E-state index contributed by atoms with van der Waals surface area (Å²) in [6, 6.07) is 19.0. The quantitative estimate of drug-likeness (QED) is 0.129. The molecular formula is C49H58ClFN8O3. The molecule has 13 heteroatoms. The molecule has 4 heterocycles. The van der Waals surface area contributed by atoms with Crippen molar-refractivity contribution in [1.82, 2.24) is 24.9 Å². The average Bonchev–Trinajstić information content (AvgIpc) is 3.80. The Morgan fingerprint density at radius 1 is 0.952 bits per heavy atom. The van der Waals surface area contributed by atoms with Gasteiger partial charge < -0.3 is 14.7 Å². The molecule has 1 atom stereocenters. The van der Waals surface area contributed by atoms with Gasteiger partial charge in [-0.25, -0.2) is 9.38 Å². The van der Waals surface area contributed by atoms with Crippen molar-refractivity contribution in [3.63, 3.8) is 0 Å². The molecule has 8 rings (SSSR count). The number of piperazine rings is 1. The van der Waals surface area contributed by atoms with Crippen LogP contribution in [0.1, 0.15) is 91.8 Å². The number of hydrogen-bond donors (Lipinski definition) is 1. The molecule has 0 bridgehead atoms. The Bertz CT molecular complexity index is 2200. The van der Waals surface area contributed by atoms with E-state index in [9.17, 15) is 18.8 Å². The Hall–Kier alpha value is -5.17. The van der Waals surface area contributed by atoms with Gasteiger partial charge in [-0.15, -0.1) is 0 Å². The molecule has 3 aromatic carbocycles. The van der Waals surface area contributed by atoms with E-state index in [2.05, 4.69) is 73.2 Å². The number of likely N-dealkylation sites (tertiary alicyclic amines) is 1. The molecule has 4 aliphatic heterocycles. The van der Waals surface area contributed by atoms with Crippen molar-refractivity contribution in [1.29, 1.82) is 0 Å². The van der Waals surface area contributed by atoms with E-state index in [1.807, 2.05) is 19.1 Å². The van der Waals surface area contributed by atoms with E-state index < -0.39 is 17.8 Å². The van der Waals surface area contributed by atoms with Crippen molar-refractivity contribution >= 4 is 59.3 Å². The molecule has 0 radical (unpaired) electrons. The summed E-state index contributed by atoms with van der Waals surface area (Å²) in [6.07, 6.45) is 13.7. The number of piperidine rings is 1. The molecule has 0 spiro atoms. The lowest BCUT2D eigenvalue weighted by Gasteiger charge is -2.39. The molecule has 0 aromatic heterocycles. The first-order valence-corrected chi connectivity index (χ1v) is 22.8. The lowest BCUT2D eigenvalue weighted by molar-refractivity contribution is -0.129. The number of imide groups is 1. The van der Waals surface area contributed by atoms with Crippen LogP contribution in [0.3, 0.4) is 0 Å². The monoisotopic (exact) mass is 860 g/mol. The molecular weight excluding hydrogens is 803 g/mol. The molecule has 326 valence electrons. The second kappa shape index (κ2) is 19.9. The fourth-order valence-corrected chi connectivity index (χ4v) is 10.2. The number of nitrogens with one attached hydrogen (secondary N) is 1. The van der Waals surface area contributed by atoms with Gasteiger partial charge >= 0.3 is 0 Å². The molecule has 3 fully saturated rings. The maximum Gasteiger partial charge on any atom is 0.255 e. The van der Waals surface area contributed by atoms with E-state index in [1.54, 1.807) is 17.2 Å². The number of amides is 3. The topological polar surface area (TPSA) is 104 Å². The highest BCUT2D eigenvalue weighted by Crippen LogP contribution is 2.38. The van der Waals surface area contributed by atoms with Gasteiger partial charge in [-0.2, -0.15) is 0 Å². The fourth-order valence-electron chi connectivity index (χ4n) is 10.0. The second-order valence-corrected chi connectivity index (χ2v) is 17.9. The van der Waals surface area contributed by atoms with E-state index in [0.29, 0.717) is 47.6 Å². The number of hydrogen-bond acceptors (Lipinski definition) is 8. The smallest absolute Gasteiger partial charge is 0.255 e. The SMILES string of the molecule is C=N/C=C1/C(c2ccc(CN3CCC(CN4CCN(c5ccc6c(c5)CN(C(CCC)C(=O)NC=O)C6=O)CC4)CC3)cc2)=CN(C2CCCCC2)C1=Nc1cc(F)cc(Cl)c1. The summed E-state index contributed by atoms with van der Waals surface area (Å²) in [5.41, 5.74) is 7.44. The number of anilines is 1. The van der Waals surface area contributed by atoms with Crippen molar-refractivity contribution in [3.8, 4) is 0 Å². The molecule has 11 nitrogen and oxygen atoms in total. The minimum Gasteiger partial charge on any atom is -0.369 e. The van der Waals surface area contributed by atoms with Gasteiger partial charge in [0.25, 0.3) is 5.91 Å². The number of aliphatic imine (C=N–C) groups is 2. The van der Waals surface area contributed by atoms with Crippen LogP contribution in [0, 0.1) is 11.7 Å². The Balaban J connectivity index is 0.834. The molecule has 1 N–H and O–H groups in total. The summed E-state index contributed by atoms with van der Waals surface area (Å²) in [5, 5.41) is 2.56. The van der Waals surface area contributed by atoms with Gasteiger partial charge in [-0.05, 0) is 111 Å². The van der Waals surface area contributed by atoms with E-state index in [0.717, 1.165) is 105 Å². The van der Waals surface area contributed by atoms with Crippen LogP contribution in [0.15, 0.2) is 88.6 Å². The van der Waals surface area contributed by atoms with Gasteiger partial charge in [0.15, 0.2) is 0 Å². The predicted molar refractivity (Wildman–Crippen MR) is 245 cm³/mol. The molecule has 5 aliphatic rings. The first kappa shape index (κ1) is 43.5. The number of amidine groups is 1. The van der Waals surface area contributed by atoms with Crippen LogP contribution in [0.5, 0.6) is 0 Å². The van der Waals surface area contributed by atoms with Gasteiger partial charge in [-0.3, -0.25) is 34.5 Å². The third-order valence-electron chi connectivity index (χ3n) is 13.3. The van der Waals surface area contributed by atoms with Gasteiger partial charge in [0.2, 0.25) is 12.3 Å². The predicted octanol–water partition coefficient (Wildman–Crippen LogP) is 8.21. The van der Waals surface area contributed by atoms with Crippen LogP contribution in [0.2, 0.25) is 5.02 Å². The van der Waals surface area contributed by atoms with Gasteiger partial charge in [0, 0.05) is 91.7 Å². The number of halogens is 2. The minimum absolute atomic E-state index is 0.149. The van der Waals surface area contributed by atoms with Crippen LogP contribution >= 0.6 is 11.6 Å². The molecule has 3 aromatic rings. The average molecular weight is 862 g/mol. The van der Waals surface area contributed by atoms with E-state index in [4.69, 9.17) is 16.6 Å². The maximum atomic E-state index is 14.4. The number of carbonyl (C=O) groups excluding carboxylic acids is 3. The Labute approximate surface area is 370 Å². The summed E-state index contributed by atoms with van der Waals surface area (Å²) in [4.78, 5) is 57.4. The highest BCUT2D eigenvalue weighted by atomic mass is 35.5. The summed E-state index contributed by atoms with van der Waals surface area (Å²) in [5.74, 6) is 0.435. The second-order valence-electron chi connectivity index (χ2n) is 17.4. The zero-order valence-corrected chi connectivity index (χ0v) is 36.5. The Morgan fingerprint density at radius 2 is 1.71 bits per heavy atom. The van der Waals surface area contributed by atoms with Crippen LogP contribution in [0.25, 0.3) is 5.57 Å². The van der Waals surface area contributed by atoms with E-state index in [-0.39, 0.29) is 5.91 Å². The number of fused-ring (bicyclic) bond motifs is 1. The fraction of sp³-hybridized carbons (Fsp3) is 0.449. The first-order chi connectivity index (χ1) is 30.2. The van der Waals surface area contributed by atoms with Gasteiger partial charge in [0.05, 0.1) is 5.69 Å². The summed E-state index contributed by atoms with van der Waals surface area (Å²) >= 11 is 6.23. The zero-order chi connectivity index (χ0) is 43.2. The van der Waals surface area contributed by atoms with Crippen molar-refractivity contribution in [2.24, 2.45) is 15.9 Å². The lowest BCUT2D eigenvalue weighted by Crippen LogP contribution is -2.48. The van der Waals surface area contributed by atoms with Crippen LogP contribution in [-0.2, 0) is 22.7 Å². The molecule has 1 aliphatic carbocycles. The largest absolute Gasteiger partial charge is 0.369 e.